The molecule has 26 heavy (non-hydrogen) atoms. The van der Waals surface area contributed by atoms with Crippen LogP contribution in [0.3, 0.4) is 0 Å². The Labute approximate surface area is 157 Å². The van der Waals surface area contributed by atoms with Crippen molar-refractivity contribution in [3.63, 3.8) is 0 Å². The van der Waals surface area contributed by atoms with Gasteiger partial charge in [0.05, 0.1) is 23.5 Å². The van der Waals surface area contributed by atoms with E-state index in [1.54, 1.807) is 0 Å². The maximum absolute atomic E-state index is 4.20. The molecule has 6 heteroatoms. The van der Waals surface area contributed by atoms with Gasteiger partial charge < -0.3 is 0 Å². The first-order chi connectivity index (χ1) is 12.9. The van der Waals surface area contributed by atoms with Gasteiger partial charge in [0.15, 0.2) is 0 Å². The second kappa shape index (κ2) is 6.40. The topological polar surface area (TPSA) is 51.6 Å². The highest BCUT2D eigenvalue weighted by molar-refractivity contribution is 7.00. The molecule has 0 atom stereocenters. The van der Waals surface area contributed by atoms with E-state index in [2.05, 4.69) is 66.0 Å². The molecule has 2 heterocycles. The maximum atomic E-state index is 4.20. The van der Waals surface area contributed by atoms with Crippen molar-refractivity contribution in [2.45, 2.75) is 0 Å². The molecule has 6 rings (SSSR count). The number of nitrogens with zero attached hydrogens (tertiary/aromatic N) is 4. The fourth-order valence-electron chi connectivity index (χ4n) is 2.94. The zero-order valence-corrected chi connectivity index (χ0v) is 15.2. The maximum Gasteiger partial charge on any atom is 0.105 e. The third-order valence-corrected chi connectivity index (χ3v) is 5.36. The molecule has 0 unspecified atom stereocenters. The average molecular weight is 372 g/mol. The van der Waals surface area contributed by atoms with Gasteiger partial charge in [0, 0.05) is 0 Å². The van der Waals surface area contributed by atoms with Crippen LogP contribution >= 0.6 is 23.5 Å². The Morgan fingerprint density at radius 1 is 0.423 bits per heavy atom. The van der Waals surface area contributed by atoms with Gasteiger partial charge in [0.25, 0.3) is 0 Å². The van der Waals surface area contributed by atoms with Crippen molar-refractivity contribution in [1.29, 1.82) is 0 Å². The van der Waals surface area contributed by atoms with Crippen molar-refractivity contribution in [3.8, 4) is 0 Å². The van der Waals surface area contributed by atoms with Gasteiger partial charge in [-0.1, -0.05) is 48.5 Å². The fraction of sp³-hybridized carbons (Fsp3) is 0. The molecule has 0 radical (unpaired) electrons. The van der Waals surface area contributed by atoms with Crippen LogP contribution in [0.2, 0.25) is 0 Å². The highest BCUT2D eigenvalue weighted by atomic mass is 32.1. The Balaban J connectivity index is 0.000000115. The molecular formula is C20H12N4S2. The third-order valence-electron chi connectivity index (χ3n) is 4.24. The summed E-state index contributed by atoms with van der Waals surface area (Å²) in [7, 11) is 0. The second-order valence-electron chi connectivity index (χ2n) is 5.90. The molecule has 0 bridgehead atoms. The Bertz CT molecular complexity index is 1150. The fourth-order valence-corrected chi connectivity index (χ4v) is 3.96. The lowest BCUT2D eigenvalue weighted by molar-refractivity contribution is 1.67. The van der Waals surface area contributed by atoms with Gasteiger partial charge in [-0.15, -0.1) is 0 Å². The van der Waals surface area contributed by atoms with Crippen LogP contribution in [0.4, 0.5) is 0 Å². The highest BCUT2D eigenvalue weighted by Gasteiger charge is 2.00. The summed E-state index contributed by atoms with van der Waals surface area (Å²) in [6.45, 7) is 0. The van der Waals surface area contributed by atoms with Crippen LogP contribution in [0.1, 0.15) is 0 Å². The van der Waals surface area contributed by atoms with Gasteiger partial charge >= 0.3 is 0 Å². The van der Waals surface area contributed by atoms with E-state index in [0.29, 0.717) is 0 Å². The van der Waals surface area contributed by atoms with Crippen LogP contribution in [-0.4, -0.2) is 17.5 Å². The van der Waals surface area contributed by atoms with Crippen molar-refractivity contribution < 1.29 is 0 Å². The Kier molecular flexibility index (Phi) is 3.77. The van der Waals surface area contributed by atoms with Crippen molar-refractivity contribution in [2.75, 3.05) is 0 Å². The van der Waals surface area contributed by atoms with E-state index in [9.17, 15) is 0 Å². The first kappa shape index (κ1) is 15.3. The molecule has 4 aromatic carbocycles. The summed E-state index contributed by atoms with van der Waals surface area (Å²) in [5.74, 6) is 0. The summed E-state index contributed by atoms with van der Waals surface area (Å²) in [5, 5.41) is 4.90. The van der Waals surface area contributed by atoms with E-state index in [1.807, 2.05) is 24.3 Å². The molecule has 4 nitrogen and oxygen atoms in total. The molecule has 0 aliphatic heterocycles. The first-order valence-corrected chi connectivity index (χ1v) is 9.55. The van der Waals surface area contributed by atoms with E-state index in [1.165, 1.54) is 45.0 Å². The van der Waals surface area contributed by atoms with Gasteiger partial charge in [0.1, 0.15) is 22.1 Å². The van der Waals surface area contributed by atoms with Gasteiger partial charge in [0.2, 0.25) is 0 Å². The minimum absolute atomic E-state index is 0.990. The van der Waals surface area contributed by atoms with E-state index in [4.69, 9.17) is 0 Å². The van der Waals surface area contributed by atoms with Gasteiger partial charge in [-0.05, 0) is 45.8 Å². The molecule has 124 valence electrons. The average Bonchev–Trinajstić information content (AvgIpc) is 3.33. The number of hydrogen-bond donors (Lipinski definition) is 0. The minimum atomic E-state index is 0.990. The summed E-state index contributed by atoms with van der Waals surface area (Å²) in [6, 6.07) is 24.8. The van der Waals surface area contributed by atoms with Gasteiger partial charge in [-0.25, -0.2) is 0 Å². The van der Waals surface area contributed by atoms with E-state index in [0.717, 1.165) is 22.1 Å². The van der Waals surface area contributed by atoms with Crippen molar-refractivity contribution >= 4 is 67.1 Å². The lowest BCUT2D eigenvalue weighted by atomic mass is 10.1. The molecule has 0 aliphatic carbocycles. The van der Waals surface area contributed by atoms with Crippen LogP contribution in [-0.2, 0) is 0 Å². The molecule has 0 saturated carbocycles. The number of rotatable bonds is 0. The molecular weight excluding hydrogens is 360 g/mol. The molecule has 6 aromatic rings. The molecule has 0 amide bonds. The minimum Gasteiger partial charge on any atom is -0.173 e. The predicted molar refractivity (Wildman–Crippen MR) is 110 cm³/mol. The smallest absolute Gasteiger partial charge is 0.105 e. The van der Waals surface area contributed by atoms with Crippen LogP contribution in [0.15, 0.2) is 72.8 Å². The Morgan fingerprint density at radius 3 is 0.962 bits per heavy atom. The zero-order chi connectivity index (χ0) is 17.3. The van der Waals surface area contributed by atoms with Crippen LogP contribution in [0.5, 0.6) is 0 Å². The van der Waals surface area contributed by atoms with Gasteiger partial charge in [-0.2, -0.15) is 17.5 Å². The summed E-state index contributed by atoms with van der Waals surface area (Å²) in [5.41, 5.74) is 3.96. The largest absolute Gasteiger partial charge is 0.173 e. The number of hydrogen-bond acceptors (Lipinski definition) is 6. The number of benzene rings is 4. The van der Waals surface area contributed by atoms with Crippen molar-refractivity contribution in [1.82, 2.24) is 17.5 Å². The van der Waals surface area contributed by atoms with E-state index in [-0.39, 0.29) is 0 Å². The molecule has 0 saturated heterocycles. The van der Waals surface area contributed by atoms with Crippen molar-refractivity contribution in [3.05, 3.63) is 72.8 Å². The summed E-state index contributed by atoms with van der Waals surface area (Å²) in [4.78, 5) is 0. The zero-order valence-electron chi connectivity index (χ0n) is 13.5. The molecule has 0 spiro atoms. The van der Waals surface area contributed by atoms with Crippen LogP contribution in [0, 0.1) is 0 Å². The Hall–Kier alpha value is -2.96. The molecule has 2 aromatic heterocycles. The number of fused-ring (bicyclic) bond motifs is 4. The monoisotopic (exact) mass is 372 g/mol. The summed E-state index contributed by atoms with van der Waals surface area (Å²) >= 11 is 2.53. The lowest BCUT2D eigenvalue weighted by Gasteiger charge is -1.94. The lowest BCUT2D eigenvalue weighted by Crippen LogP contribution is -1.73. The first-order valence-electron chi connectivity index (χ1n) is 8.09. The normalized spacial score (nSPS) is 11.1. The van der Waals surface area contributed by atoms with Crippen LogP contribution in [0.25, 0.3) is 43.6 Å². The van der Waals surface area contributed by atoms with Gasteiger partial charge in [-0.3, -0.25) is 0 Å². The van der Waals surface area contributed by atoms with Crippen LogP contribution < -0.4 is 0 Å². The Morgan fingerprint density at radius 2 is 0.692 bits per heavy atom. The van der Waals surface area contributed by atoms with E-state index < -0.39 is 0 Å². The summed E-state index contributed by atoms with van der Waals surface area (Å²) in [6.07, 6.45) is 0. The molecule has 0 fully saturated rings. The summed E-state index contributed by atoms with van der Waals surface area (Å²) < 4.78 is 16.8. The molecule has 0 aliphatic rings. The SMILES string of the molecule is c1ccc2cc3nsnc3cc2c1.c1ccc2cc3nsnc3cc2c1. The molecule has 0 N–H and O–H groups in total. The number of aromatic nitrogens is 4. The predicted octanol–water partition coefficient (Wildman–Crippen LogP) is 5.69. The third kappa shape index (κ3) is 2.79. The standard InChI is InChI=1S/2C10H6N2S/c2*1-2-4-8-6-10-9(11-13-12-10)5-7(8)3-1/h2*1-6H. The van der Waals surface area contributed by atoms with E-state index >= 15 is 0 Å². The highest BCUT2D eigenvalue weighted by Crippen LogP contribution is 2.21. The quantitative estimate of drug-likeness (QED) is 0.344. The van der Waals surface area contributed by atoms with Crippen molar-refractivity contribution in [2.24, 2.45) is 0 Å². The second-order valence-corrected chi connectivity index (χ2v) is 6.96.